The minimum absolute atomic E-state index is 0.213. The van der Waals surface area contributed by atoms with Gasteiger partial charge in [0.25, 0.3) is 0 Å². The van der Waals surface area contributed by atoms with Gasteiger partial charge >= 0.3 is 0 Å². The molecule has 2 aliphatic carbocycles. The Morgan fingerprint density at radius 3 is 1.84 bits per heavy atom. The number of hydrogen-bond donors (Lipinski definition) is 0. The van der Waals surface area contributed by atoms with Gasteiger partial charge in [0.05, 0.1) is 11.1 Å². The second kappa shape index (κ2) is 11.1. The number of aromatic nitrogens is 1. The summed E-state index contributed by atoms with van der Waals surface area (Å²) in [5.74, 6) is 1.10. The fraction of sp³-hybridized carbons (Fsp3) is 0.102. The molecule has 0 spiro atoms. The van der Waals surface area contributed by atoms with Crippen LogP contribution >= 0.6 is 0 Å². The van der Waals surface area contributed by atoms with Crippen molar-refractivity contribution < 1.29 is 0 Å². The molecule has 3 atom stereocenters. The second-order valence-corrected chi connectivity index (χ2v) is 14.7. The first-order chi connectivity index (χ1) is 25.4. The highest BCUT2D eigenvalue weighted by Crippen LogP contribution is 2.56. The van der Waals surface area contributed by atoms with E-state index in [1.165, 1.54) is 72.5 Å². The molecule has 0 saturated heterocycles. The van der Waals surface area contributed by atoms with E-state index in [9.17, 15) is 0 Å². The smallest absolute Gasteiger partial charge is 0.222 e. The molecule has 0 amide bonds. The van der Waals surface area contributed by atoms with Crippen molar-refractivity contribution in [2.75, 3.05) is 0 Å². The van der Waals surface area contributed by atoms with Gasteiger partial charge in [-0.25, -0.2) is 0 Å². The minimum atomic E-state index is -0.472. The van der Waals surface area contributed by atoms with E-state index < -0.39 is 5.41 Å². The highest BCUT2D eigenvalue weighted by Gasteiger charge is 2.56. The second-order valence-electron chi connectivity index (χ2n) is 14.7. The molecule has 11 rings (SSSR count). The quantitative estimate of drug-likeness (QED) is 0.167. The van der Waals surface area contributed by atoms with Crippen LogP contribution in [0.15, 0.2) is 188 Å². The lowest BCUT2D eigenvalue weighted by atomic mass is 9.24. The van der Waals surface area contributed by atoms with Crippen molar-refractivity contribution >= 4 is 17.6 Å². The Morgan fingerprint density at radius 2 is 1.14 bits per heavy atom. The Morgan fingerprint density at radius 1 is 0.549 bits per heavy atom. The number of benzene rings is 6. The van der Waals surface area contributed by atoms with Crippen LogP contribution in [0, 0.1) is 11.8 Å². The van der Waals surface area contributed by atoms with Gasteiger partial charge in [-0.3, -0.25) is 0 Å². The van der Waals surface area contributed by atoms with Crippen molar-refractivity contribution in [3.63, 3.8) is 0 Å². The van der Waals surface area contributed by atoms with Gasteiger partial charge in [-0.05, 0) is 74.5 Å². The zero-order valence-electron chi connectivity index (χ0n) is 28.4. The van der Waals surface area contributed by atoms with Gasteiger partial charge in [-0.1, -0.05) is 187 Å². The molecule has 0 N–H and O–H groups in total. The maximum absolute atomic E-state index is 2.73. The average Bonchev–Trinajstić information content (AvgIpc) is 3.55. The molecule has 0 saturated carbocycles. The molecular formula is C49H36BN. The number of hydrogen-bond acceptors (Lipinski definition) is 0. The number of allylic oxidation sites excluding steroid dienone is 4. The third-order valence-electron chi connectivity index (χ3n) is 12.4. The molecule has 0 fully saturated rings. The summed E-state index contributed by atoms with van der Waals surface area (Å²) in [6.45, 7) is 0.213. The van der Waals surface area contributed by atoms with Crippen LogP contribution in [-0.4, -0.2) is 11.3 Å². The monoisotopic (exact) mass is 649 g/mol. The first-order valence-corrected chi connectivity index (χ1v) is 18.4. The number of rotatable bonds is 4. The van der Waals surface area contributed by atoms with E-state index in [4.69, 9.17) is 0 Å². The van der Waals surface area contributed by atoms with E-state index in [1.54, 1.807) is 0 Å². The Kier molecular flexibility index (Phi) is 6.28. The Labute approximate surface area is 300 Å². The van der Waals surface area contributed by atoms with E-state index in [2.05, 4.69) is 193 Å². The summed E-state index contributed by atoms with van der Waals surface area (Å²) in [5, 5.41) is 0. The van der Waals surface area contributed by atoms with Crippen molar-refractivity contribution in [2.24, 2.45) is 11.8 Å². The minimum Gasteiger partial charge on any atom is -0.314 e. The predicted molar refractivity (Wildman–Crippen MR) is 212 cm³/mol. The molecule has 2 heteroatoms. The van der Waals surface area contributed by atoms with Crippen LogP contribution < -0.4 is 10.9 Å². The topological polar surface area (TPSA) is 4.93 Å². The van der Waals surface area contributed by atoms with Gasteiger partial charge in [0, 0.05) is 16.9 Å². The summed E-state index contributed by atoms with van der Waals surface area (Å²) in [4.78, 5) is 0. The third kappa shape index (κ3) is 3.88. The zero-order valence-corrected chi connectivity index (χ0v) is 28.4. The van der Waals surface area contributed by atoms with E-state index in [0.717, 1.165) is 6.42 Å². The van der Waals surface area contributed by atoms with Crippen LogP contribution in [0.3, 0.4) is 0 Å². The molecule has 7 aromatic rings. The van der Waals surface area contributed by atoms with Crippen LogP contribution in [0.1, 0.15) is 39.3 Å². The van der Waals surface area contributed by atoms with Crippen LogP contribution in [0.5, 0.6) is 0 Å². The molecule has 6 aromatic carbocycles. The molecule has 3 heterocycles. The van der Waals surface area contributed by atoms with E-state index in [0.29, 0.717) is 11.8 Å². The molecule has 1 aromatic heterocycles. The van der Waals surface area contributed by atoms with Gasteiger partial charge in [0.1, 0.15) is 0 Å². The standard InChI is InChI=1S/C49H36BN/c1-5-18-33(19-6-1)44-39-32-35-22-13-14-27-38(35)45-48(39)51(47(44)34-20-7-2-8-21-34)43-31-17-29-41-46(43)50(45)42-30-16-15-28-40(42)49(41,36-23-9-3-10-24-36)37-25-11-4-12-26-37/h1-31,35,38,45H,32H2. The fourth-order valence-corrected chi connectivity index (χ4v) is 10.6. The van der Waals surface area contributed by atoms with Gasteiger partial charge in [0.15, 0.2) is 0 Å². The highest BCUT2D eigenvalue weighted by molar-refractivity contribution is 6.88. The normalized spacial score (nSPS) is 19.8. The molecule has 3 unspecified atom stereocenters. The largest absolute Gasteiger partial charge is 0.314 e. The number of nitrogens with zero attached hydrogens (tertiary/aromatic N) is 1. The summed E-state index contributed by atoms with van der Waals surface area (Å²) in [5.41, 5.74) is 17.5. The molecule has 4 aliphatic rings. The molecule has 0 radical (unpaired) electrons. The Balaban J connectivity index is 1.34. The molecular weight excluding hydrogens is 613 g/mol. The lowest BCUT2D eigenvalue weighted by Crippen LogP contribution is -2.64. The van der Waals surface area contributed by atoms with Crippen molar-refractivity contribution in [1.82, 2.24) is 4.57 Å². The van der Waals surface area contributed by atoms with E-state index in [-0.39, 0.29) is 12.5 Å². The van der Waals surface area contributed by atoms with Crippen LogP contribution in [0.4, 0.5) is 0 Å². The van der Waals surface area contributed by atoms with Gasteiger partial charge in [-0.2, -0.15) is 0 Å². The lowest BCUT2D eigenvalue weighted by molar-refractivity contribution is 0.412. The molecule has 51 heavy (non-hydrogen) atoms. The van der Waals surface area contributed by atoms with Gasteiger partial charge in [0.2, 0.25) is 6.71 Å². The Bertz CT molecular complexity index is 2470. The molecule has 0 bridgehead atoms. The van der Waals surface area contributed by atoms with Crippen molar-refractivity contribution in [3.05, 3.63) is 222 Å². The van der Waals surface area contributed by atoms with Gasteiger partial charge in [-0.15, -0.1) is 0 Å². The van der Waals surface area contributed by atoms with Crippen LogP contribution in [0.25, 0.3) is 28.1 Å². The Hall–Kier alpha value is -5.86. The lowest BCUT2D eigenvalue weighted by Gasteiger charge is -2.51. The zero-order chi connectivity index (χ0) is 33.5. The van der Waals surface area contributed by atoms with E-state index >= 15 is 0 Å². The average molecular weight is 650 g/mol. The maximum Gasteiger partial charge on any atom is 0.222 e. The first-order valence-electron chi connectivity index (χ1n) is 18.4. The highest BCUT2D eigenvalue weighted by atomic mass is 15.0. The number of fused-ring (bicyclic) bond motifs is 6. The summed E-state index contributed by atoms with van der Waals surface area (Å²) in [6, 6.07) is 61.5. The first kappa shape index (κ1) is 28.9. The molecule has 1 nitrogen and oxygen atoms in total. The fourth-order valence-electron chi connectivity index (χ4n) is 10.6. The van der Waals surface area contributed by atoms with Crippen LogP contribution in [0.2, 0.25) is 0 Å². The summed E-state index contributed by atoms with van der Waals surface area (Å²) >= 11 is 0. The molecule has 240 valence electrons. The van der Waals surface area contributed by atoms with Crippen LogP contribution in [-0.2, 0) is 11.8 Å². The maximum atomic E-state index is 2.73. The summed E-state index contributed by atoms with van der Waals surface area (Å²) in [6.07, 6.45) is 10.7. The van der Waals surface area contributed by atoms with Crippen molar-refractivity contribution in [3.8, 4) is 28.1 Å². The van der Waals surface area contributed by atoms with Gasteiger partial charge < -0.3 is 4.57 Å². The third-order valence-corrected chi connectivity index (χ3v) is 12.4. The summed E-state index contributed by atoms with van der Waals surface area (Å²) < 4.78 is 2.73. The van der Waals surface area contributed by atoms with E-state index in [1.807, 2.05) is 0 Å². The molecule has 2 aliphatic heterocycles. The SMILES string of the molecule is C1=CC2Cc3c(-c4ccccc4)c(-c4ccccc4)n4c3C(B3c5ccccc5C(c5ccccc5)(c5ccccc5)c5cccc-4c53)C2C=C1. The van der Waals surface area contributed by atoms with Crippen molar-refractivity contribution in [2.45, 2.75) is 17.7 Å². The summed E-state index contributed by atoms with van der Waals surface area (Å²) in [7, 11) is 0. The predicted octanol–water partition coefficient (Wildman–Crippen LogP) is 9.67. The van der Waals surface area contributed by atoms with Crippen molar-refractivity contribution in [1.29, 1.82) is 0 Å².